The van der Waals surface area contributed by atoms with Gasteiger partial charge in [-0.15, -0.1) is 0 Å². The maximum atomic E-state index is 9.82. The van der Waals surface area contributed by atoms with Crippen molar-refractivity contribution in [1.82, 2.24) is 0 Å². The van der Waals surface area contributed by atoms with Gasteiger partial charge in [0.15, 0.2) is 0 Å². The third kappa shape index (κ3) is 5.71. The normalized spacial score (nSPS) is 13.4. The third-order valence-electron chi connectivity index (χ3n) is 2.89. The molecule has 0 amide bonds. The van der Waals surface area contributed by atoms with Crippen molar-refractivity contribution in [3.8, 4) is 5.75 Å². The summed E-state index contributed by atoms with van der Waals surface area (Å²) in [6, 6.07) is 7.09. The first kappa shape index (κ1) is 15.3. The van der Waals surface area contributed by atoms with Crippen molar-refractivity contribution < 1.29 is 14.6 Å². The molecule has 0 fully saturated rings. The zero-order valence-corrected chi connectivity index (χ0v) is 11.9. The number of benzene rings is 1. The lowest BCUT2D eigenvalue weighted by molar-refractivity contribution is -0.00189. The topological polar surface area (TPSA) is 38.7 Å². The Balaban J connectivity index is 2.29. The molecule has 1 aromatic carbocycles. The minimum absolute atomic E-state index is 0.207. The zero-order valence-electron chi connectivity index (χ0n) is 11.1. The summed E-state index contributed by atoms with van der Waals surface area (Å²) < 4.78 is 10.8. The van der Waals surface area contributed by atoms with E-state index in [1.165, 1.54) is 0 Å². The van der Waals surface area contributed by atoms with Gasteiger partial charge in [-0.05, 0) is 51.0 Å². The Hall–Kier alpha value is -0.770. The van der Waals surface area contributed by atoms with Crippen LogP contribution in [0.2, 0.25) is 5.02 Å². The van der Waals surface area contributed by atoms with E-state index in [0.717, 1.165) is 6.42 Å². The molecular formula is C14H21ClO3. The van der Waals surface area contributed by atoms with Crippen molar-refractivity contribution in [3.05, 3.63) is 29.3 Å². The van der Waals surface area contributed by atoms with Gasteiger partial charge in [0.05, 0.1) is 11.7 Å². The van der Waals surface area contributed by atoms with Crippen LogP contribution in [-0.2, 0) is 4.74 Å². The molecule has 102 valence electrons. The molecule has 1 unspecified atom stereocenters. The summed E-state index contributed by atoms with van der Waals surface area (Å²) in [6.45, 7) is 4.28. The van der Waals surface area contributed by atoms with Crippen LogP contribution in [0.15, 0.2) is 24.3 Å². The van der Waals surface area contributed by atoms with Crippen molar-refractivity contribution in [3.63, 3.8) is 0 Å². The summed E-state index contributed by atoms with van der Waals surface area (Å²) in [5, 5.41) is 10.5. The van der Waals surface area contributed by atoms with Crippen LogP contribution in [-0.4, -0.2) is 30.5 Å². The molecule has 0 aliphatic carbocycles. The average molecular weight is 273 g/mol. The van der Waals surface area contributed by atoms with Crippen molar-refractivity contribution in [1.29, 1.82) is 0 Å². The smallest absolute Gasteiger partial charge is 0.119 e. The first-order valence-corrected chi connectivity index (χ1v) is 6.42. The minimum Gasteiger partial charge on any atom is -0.491 e. The summed E-state index contributed by atoms with van der Waals surface area (Å²) in [5.41, 5.74) is -0.207. The molecule has 0 saturated heterocycles. The van der Waals surface area contributed by atoms with E-state index in [9.17, 15) is 5.11 Å². The second kappa shape index (κ2) is 6.98. The summed E-state index contributed by atoms with van der Waals surface area (Å²) in [5.74, 6) is 0.712. The third-order valence-corrected chi connectivity index (χ3v) is 3.14. The molecular weight excluding hydrogens is 252 g/mol. The molecule has 0 saturated carbocycles. The van der Waals surface area contributed by atoms with Crippen LogP contribution in [0.25, 0.3) is 0 Å². The molecule has 0 radical (unpaired) electrons. The molecule has 4 heteroatoms. The van der Waals surface area contributed by atoms with Crippen molar-refractivity contribution in [2.45, 2.75) is 38.4 Å². The van der Waals surface area contributed by atoms with Gasteiger partial charge >= 0.3 is 0 Å². The lowest BCUT2D eigenvalue weighted by atomic mass is 10.0. The highest BCUT2D eigenvalue weighted by Crippen LogP contribution is 2.18. The van der Waals surface area contributed by atoms with E-state index in [0.29, 0.717) is 17.2 Å². The van der Waals surface area contributed by atoms with E-state index in [1.807, 2.05) is 13.8 Å². The number of rotatable bonds is 7. The van der Waals surface area contributed by atoms with E-state index in [2.05, 4.69) is 0 Å². The second-order valence-electron chi connectivity index (χ2n) is 4.92. The molecule has 0 aliphatic rings. The summed E-state index contributed by atoms with van der Waals surface area (Å²) >= 11 is 5.77. The Morgan fingerprint density at radius 1 is 1.28 bits per heavy atom. The van der Waals surface area contributed by atoms with Gasteiger partial charge in [-0.1, -0.05) is 11.6 Å². The summed E-state index contributed by atoms with van der Waals surface area (Å²) in [4.78, 5) is 0. The van der Waals surface area contributed by atoms with E-state index < -0.39 is 6.10 Å². The molecule has 0 spiro atoms. The van der Waals surface area contributed by atoms with Crippen molar-refractivity contribution >= 4 is 11.6 Å². The minimum atomic E-state index is -0.491. The van der Waals surface area contributed by atoms with Gasteiger partial charge in [0, 0.05) is 12.1 Å². The Morgan fingerprint density at radius 3 is 2.44 bits per heavy atom. The molecule has 1 atom stereocenters. The van der Waals surface area contributed by atoms with Gasteiger partial charge in [-0.3, -0.25) is 0 Å². The SMILES string of the molecule is COC(C)(C)CCC(O)COc1ccc(Cl)cc1. The predicted molar refractivity (Wildman–Crippen MR) is 73.3 cm³/mol. The van der Waals surface area contributed by atoms with Crippen LogP contribution in [0, 0.1) is 0 Å². The number of hydrogen-bond donors (Lipinski definition) is 1. The molecule has 1 rings (SSSR count). The van der Waals surface area contributed by atoms with Crippen LogP contribution in [0.5, 0.6) is 5.75 Å². The number of aliphatic hydroxyl groups excluding tert-OH is 1. The molecule has 3 nitrogen and oxygen atoms in total. The standard InChI is InChI=1S/C14H21ClO3/c1-14(2,17-3)9-8-12(16)10-18-13-6-4-11(15)5-7-13/h4-7,12,16H,8-10H2,1-3H3. The Labute approximate surface area is 114 Å². The van der Waals surface area contributed by atoms with Crippen LogP contribution in [0.4, 0.5) is 0 Å². The highest BCUT2D eigenvalue weighted by atomic mass is 35.5. The molecule has 1 N–H and O–H groups in total. The van der Waals surface area contributed by atoms with E-state index >= 15 is 0 Å². The number of ether oxygens (including phenoxy) is 2. The molecule has 0 heterocycles. The Kier molecular flexibility index (Phi) is 5.93. The van der Waals surface area contributed by atoms with Gasteiger partial charge in [0.25, 0.3) is 0 Å². The van der Waals surface area contributed by atoms with Crippen molar-refractivity contribution in [2.24, 2.45) is 0 Å². The molecule has 0 bridgehead atoms. The van der Waals surface area contributed by atoms with E-state index in [4.69, 9.17) is 21.1 Å². The average Bonchev–Trinajstić information content (AvgIpc) is 2.36. The van der Waals surface area contributed by atoms with Crippen LogP contribution < -0.4 is 4.74 Å². The highest BCUT2D eigenvalue weighted by Gasteiger charge is 2.18. The second-order valence-corrected chi connectivity index (χ2v) is 5.36. The first-order valence-electron chi connectivity index (χ1n) is 6.04. The van der Waals surface area contributed by atoms with Crippen molar-refractivity contribution in [2.75, 3.05) is 13.7 Å². The molecule has 0 aromatic heterocycles. The van der Waals surface area contributed by atoms with Gasteiger partial charge in [-0.2, -0.15) is 0 Å². The van der Waals surface area contributed by atoms with E-state index in [1.54, 1.807) is 31.4 Å². The number of hydrogen-bond acceptors (Lipinski definition) is 3. The van der Waals surface area contributed by atoms with Gasteiger partial charge in [-0.25, -0.2) is 0 Å². The number of methoxy groups -OCH3 is 1. The van der Waals surface area contributed by atoms with Gasteiger partial charge in [0.1, 0.15) is 12.4 Å². The quantitative estimate of drug-likeness (QED) is 0.828. The fourth-order valence-electron chi connectivity index (χ4n) is 1.42. The lowest BCUT2D eigenvalue weighted by Crippen LogP contribution is -2.26. The number of aliphatic hydroxyl groups is 1. The van der Waals surface area contributed by atoms with Crippen LogP contribution in [0.3, 0.4) is 0 Å². The van der Waals surface area contributed by atoms with E-state index in [-0.39, 0.29) is 12.2 Å². The fraction of sp³-hybridized carbons (Fsp3) is 0.571. The van der Waals surface area contributed by atoms with Gasteiger partial charge < -0.3 is 14.6 Å². The van der Waals surface area contributed by atoms with Crippen LogP contribution >= 0.6 is 11.6 Å². The molecule has 18 heavy (non-hydrogen) atoms. The predicted octanol–water partition coefficient (Wildman–Crippen LogP) is 3.28. The summed E-state index contributed by atoms with van der Waals surface area (Å²) in [6.07, 6.45) is 0.943. The maximum absolute atomic E-state index is 9.82. The highest BCUT2D eigenvalue weighted by molar-refractivity contribution is 6.30. The largest absolute Gasteiger partial charge is 0.491 e. The maximum Gasteiger partial charge on any atom is 0.119 e. The first-order chi connectivity index (χ1) is 8.43. The molecule has 0 aliphatic heterocycles. The fourth-order valence-corrected chi connectivity index (χ4v) is 1.55. The molecule has 1 aromatic rings. The zero-order chi connectivity index (χ0) is 13.6. The van der Waals surface area contributed by atoms with Gasteiger partial charge in [0.2, 0.25) is 0 Å². The monoisotopic (exact) mass is 272 g/mol. The Bertz CT molecular complexity index is 349. The Morgan fingerprint density at radius 2 is 1.89 bits per heavy atom. The number of halogens is 1. The van der Waals surface area contributed by atoms with Crippen LogP contribution in [0.1, 0.15) is 26.7 Å². The summed E-state index contributed by atoms with van der Waals surface area (Å²) in [7, 11) is 1.68. The lowest BCUT2D eigenvalue weighted by Gasteiger charge is -2.24.